The van der Waals surface area contributed by atoms with Gasteiger partial charge in [0.1, 0.15) is 12.4 Å². The van der Waals surface area contributed by atoms with Gasteiger partial charge in [-0.15, -0.1) is 0 Å². The Balaban J connectivity index is 1.72. The SMILES string of the molecule is C[C@H]1CN(C(=O)OCc2ccccc2)C(Cc2cccc(Br)c2F)[C@H]1N. The molecule has 1 amide bonds. The van der Waals surface area contributed by atoms with E-state index in [-0.39, 0.29) is 30.4 Å². The van der Waals surface area contributed by atoms with Crippen LogP contribution in [0.15, 0.2) is 53.0 Å². The first kappa shape index (κ1) is 18.9. The third-order valence-corrected chi connectivity index (χ3v) is 5.50. The lowest BCUT2D eigenvalue weighted by molar-refractivity contribution is 0.0903. The summed E-state index contributed by atoms with van der Waals surface area (Å²) in [6, 6.07) is 14.2. The van der Waals surface area contributed by atoms with Gasteiger partial charge in [-0.25, -0.2) is 9.18 Å². The van der Waals surface area contributed by atoms with Crippen LogP contribution >= 0.6 is 15.9 Å². The first-order chi connectivity index (χ1) is 12.5. The molecule has 26 heavy (non-hydrogen) atoms. The average Bonchev–Trinajstić information content (AvgIpc) is 2.93. The van der Waals surface area contributed by atoms with Crippen molar-refractivity contribution in [2.75, 3.05) is 6.54 Å². The number of amides is 1. The summed E-state index contributed by atoms with van der Waals surface area (Å²) in [4.78, 5) is 14.2. The Morgan fingerprint density at radius 2 is 2.00 bits per heavy atom. The molecule has 2 aromatic carbocycles. The van der Waals surface area contributed by atoms with Crippen LogP contribution in [0.3, 0.4) is 0 Å². The standard InChI is InChI=1S/C20H22BrFN2O2/c1-13-11-24(20(25)26-12-14-6-3-2-4-7-14)17(19(13)23)10-15-8-5-9-16(21)18(15)22/h2-9,13,17,19H,10-12,23H2,1H3/t13-,17?,19-/m0/s1. The van der Waals surface area contributed by atoms with E-state index in [1.165, 1.54) is 0 Å². The van der Waals surface area contributed by atoms with Crippen molar-refractivity contribution in [1.82, 2.24) is 4.90 Å². The van der Waals surface area contributed by atoms with Gasteiger partial charge >= 0.3 is 6.09 Å². The summed E-state index contributed by atoms with van der Waals surface area (Å²) in [7, 11) is 0. The Labute approximate surface area is 161 Å². The van der Waals surface area contributed by atoms with E-state index in [4.69, 9.17) is 10.5 Å². The van der Waals surface area contributed by atoms with Crippen LogP contribution in [-0.4, -0.2) is 29.6 Å². The highest BCUT2D eigenvalue weighted by Crippen LogP contribution is 2.28. The molecule has 4 nitrogen and oxygen atoms in total. The van der Waals surface area contributed by atoms with Crippen LogP contribution < -0.4 is 5.73 Å². The molecule has 1 aliphatic heterocycles. The summed E-state index contributed by atoms with van der Waals surface area (Å²) >= 11 is 3.21. The van der Waals surface area contributed by atoms with E-state index in [9.17, 15) is 9.18 Å². The van der Waals surface area contributed by atoms with E-state index in [2.05, 4.69) is 15.9 Å². The van der Waals surface area contributed by atoms with E-state index in [0.717, 1.165) is 5.56 Å². The Bertz CT molecular complexity index is 772. The number of benzene rings is 2. The zero-order valence-corrected chi connectivity index (χ0v) is 16.2. The smallest absolute Gasteiger partial charge is 0.410 e. The maximum absolute atomic E-state index is 14.4. The van der Waals surface area contributed by atoms with E-state index in [1.807, 2.05) is 37.3 Å². The maximum Gasteiger partial charge on any atom is 0.410 e. The van der Waals surface area contributed by atoms with E-state index in [1.54, 1.807) is 23.1 Å². The van der Waals surface area contributed by atoms with Crippen LogP contribution in [-0.2, 0) is 17.8 Å². The molecule has 1 fully saturated rings. The Morgan fingerprint density at radius 1 is 1.27 bits per heavy atom. The molecule has 0 radical (unpaired) electrons. The molecule has 1 unspecified atom stereocenters. The Morgan fingerprint density at radius 3 is 2.73 bits per heavy atom. The quantitative estimate of drug-likeness (QED) is 0.809. The molecule has 0 spiro atoms. The highest BCUT2D eigenvalue weighted by atomic mass is 79.9. The first-order valence-corrected chi connectivity index (χ1v) is 9.42. The van der Waals surface area contributed by atoms with Crippen molar-refractivity contribution in [2.24, 2.45) is 11.7 Å². The molecule has 3 atom stereocenters. The van der Waals surface area contributed by atoms with Gasteiger partial charge in [-0.05, 0) is 45.5 Å². The number of nitrogens with zero attached hydrogens (tertiary/aromatic N) is 1. The number of carbonyl (C=O) groups is 1. The van der Waals surface area contributed by atoms with Crippen molar-refractivity contribution in [3.8, 4) is 0 Å². The minimum atomic E-state index is -0.408. The van der Waals surface area contributed by atoms with Crippen molar-refractivity contribution < 1.29 is 13.9 Å². The van der Waals surface area contributed by atoms with E-state index >= 15 is 0 Å². The minimum absolute atomic E-state index is 0.125. The number of nitrogens with two attached hydrogens (primary N) is 1. The molecule has 6 heteroatoms. The monoisotopic (exact) mass is 420 g/mol. The molecule has 1 saturated heterocycles. The zero-order chi connectivity index (χ0) is 18.7. The number of hydrogen-bond donors (Lipinski definition) is 1. The highest BCUT2D eigenvalue weighted by molar-refractivity contribution is 9.10. The lowest BCUT2D eigenvalue weighted by Crippen LogP contribution is -2.45. The third kappa shape index (κ3) is 4.07. The molecular weight excluding hydrogens is 399 g/mol. The van der Waals surface area contributed by atoms with Crippen LogP contribution in [0.5, 0.6) is 0 Å². The first-order valence-electron chi connectivity index (χ1n) is 8.63. The fourth-order valence-electron chi connectivity index (χ4n) is 3.34. The van der Waals surface area contributed by atoms with Crippen molar-refractivity contribution in [3.63, 3.8) is 0 Å². The summed E-state index contributed by atoms with van der Waals surface area (Å²) in [6.07, 6.45) is -0.0499. The van der Waals surface area contributed by atoms with Gasteiger partial charge in [-0.2, -0.15) is 0 Å². The number of likely N-dealkylation sites (tertiary alicyclic amines) is 1. The van der Waals surface area contributed by atoms with Crippen LogP contribution in [0.4, 0.5) is 9.18 Å². The lowest BCUT2D eigenvalue weighted by Gasteiger charge is -2.26. The summed E-state index contributed by atoms with van der Waals surface area (Å²) in [5.41, 5.74) is 7.77. The van der Waals surface area contributed by atoms with Gasteiger partial charge in [0.15, 0.2) is 0 Å². The van der Waals surface area contributed by atoms with Gasteiger partial charge in [0, 0.05) is 12.6 Å². The molecular formula is C20H22BrFN2O2. The van der Waals surface area contributed by atoms with E-state index in [0.29, 0.717) is 23.0 Å². The third-order valence-electron chi connectivity index (χ3n) is 4.89. The van der Waals surface area contributed by atoms with Crippen LogP contribution in [0.1, 0.15) is 18.1 Å². The van der Waals surface area contributed by atoms with Gasteiger partial charge in [0.2, 0.25) is 0 Å². The van der Waals surface area contributed by atoms with Gasteiger partial charge in [-0.3, -0.25) is 0 Å². The second kappa shape index (κ2) is 8.18. The number of rotatable bonds is 4. The van der Waals surface area contributed by atoms with Crippen molar-refractivity contribution in [1.29, 1.82) is 0 Å². The van der Waals surface area contributed by atoms with Gasteiger partial charge in [0.05, 0.1) is 10.5 Å². The normalized spacial score (nSPS) is 22.5. The predicted octanol–water partition coefficient (Wildman–Crippen LogP) is 4.12. The molecule has 0 saturated carbocycles. The fourth-order valence-corrected chi connectivity index (χ4v) is 3.75. The van der Waals surface area contributed by atoms with Gasteiger partial charge < -0.3 is 15.4 Å². The number of hydrogen-bond acceptors (Lipinski definition) is 3. The number of halogens is 2. The second-order valence-corrected chi connectivity index (χ2v) is 7.59. The number of ether oxygens (including phenoxy) is 1. The summed E-state index contributed by atoms with van der Waals surface area (Å²) in [5.74, 6) is -0.184. The van der Waals surface area contributed by atoms with Crippen LogP contribution in [0, 0.1) is 11.7 Å². The van der Waals surface area contributed by atoms with Crippen molar-refractivity contribution >= 4 is 22.0 Å². The second-order valence-electron chi connectivity index (χ2n) is 6.73. The maximum atomic E-state index is 14.4. The van der Waals surface area contributed by atoms with E-state index < -0.39 is 6.09 Å². The van der Waals surface area contributed by atoms with Crippen LogP contribution in [0.25, 0.3) is 0 Å². The Hall–Kier alpha value is -1.92. The summed E-state index contributed by atoms with van der Waals surface area (Å²) < 4.78 is 20.2. The molecule has 3 rings (SSSR count). The predicted molar refractivity (Wildman–Crippen MR) is 102 cm³/mol. The zero-order valence-electron chi connectivity index (χ0n) is 14.6. The summed E-state index contributed by atoms with van der Waals surface area (Å²) in [6.45, 7) is 2.71. The van der Waals surface area contributed by atoms with Crippen LogP contribution in [0.2, 0.25) is 0 Å². The molecule has 138 valence electrons. The Kier molecular flexibility index (Phi) is 5.94. The largest absolute Gasteiger partial charge is 0.445 e. The molecule has 0 aromatic heterocycles. The molecule has 1 aliphatic rings. The van der Waals surface area contributed by atoms with Crippen molar-refractivity contribution in [3.05, 3.63) is 69.9 Å². The number of carbonyl (C=O) groups excluding carboxylic acids is 1. The highest BCUT2D eigenvalue weighted by Gasteiger charge is 2.41. The molecule has 2 aromatic rings. The average molecular weight is 421 g/mol. The van der Waals surface area contributed by atoms with Crippen molar-refractivity contribution in [2.45, 2.75) is 32.0 Å². The minimum Gasteiger partial charge on any atom is -0.445 e. The summed E-state index contributed by atoms with van der Waals surface area (Å²) in [5, 5.41) is 0. The van der Waals surface area contributed by atoms with Gasteiger partial charge in [0.25, 0.3) is 0 Å². The molecule has 2 N–H and O–H groups in total. The van der Waals surface area contributed by atoms with Gasteiger partial charge in [-0.1, -0.05) is 49.4 Å². The fraction of sp³-hybridized carbons (Fsp3) is 0.350. The lowest BCUT2D eigenvalue weighted by atomic mass is 9.96. The molecule has 1 heterocycles. The molecule has 0 bridgehead atoms. The molecule has 0 aliphatic carbocycles. The topological polar surface area (TPSA) is 55.6 Å².